The van der Waals surface area contributed by atoms with Crippen LogP contribution in [0, 0.1) is 11.3 Å². The minimum atomic E-state index is 0.0696. The summed E-state index contributed by atoms with van der Waals surface area (Å²) in [5.41, 5.74) is 0.656. The van der Waals surface area contributed by atoms with Gasteiger partial charge in [0, 0.05) is 38.3 Å². The summed E-state index contributed by atoms with van der Waals surface area (Å²) < 4.78 is 0. The van der Waals surface area contributed by atoms with Gasteiger partial charge in [-0.1, -0.05) is 0 Å². The third kappa shape index (κ3) is 2.01. The van der Waals surface area contributed by atoms with Gasteiger partial charge in [0.2, 0.25) is 5.91 Å². The molecule has 2 aliphatic heterocycles. The van der Waals surface area contributed by atoms with Gasteiger partial charge in [-0.25, -0.2) is 4.98 Å². The second-order valence-corrected chi connectivity index (χ2v) is 5.68. The van der Waals surface area contributed by atoms with Crippen molar-refractivity contribution in [1.82, 2.24) is 9.88 Å². The van der Waals surface area contributed by atoms with E-state index in [1.54, 1.807) is 12.3 Å². The topological polar surface area (TPSA) is 60.2 Å². The Morgan fingerprint density at radius 2 is 2.05 bits per heavy atom. The summed E-state index contributed by atoms with van der Waals surface area (Å²) in [6.07, 6.45) is 5.28. The highest BCUT2D eigenvalue weighted by Gasteiger charge is 2.44. The van der Waals surface area contributed by atoms with Gasteiger partial charge in [0.25, 0.3) is 0 Å². The quantitative estimate of drug-likeness (QED) is 0.776. The zero-order valence-electron chi connectivity index (χ0n) is 11.7. The van der Waals surface area contributed by atoms with E-state index < -0.39 is 0 Å². The van der Waals surface area contributed by atoms with Crippen molar-refractivity contribution in [3.63, 3.8) is 0 Å². The summed E-state index contributed by atoms with van der Waals surface area (Å²) in [6.45, 7) is 1.83. The minimum Gasteiger partial charge on any atom is -0.356 e. The van der Waals surface area contributed by atoms with Crippen LogP contribution in [0.5, 0.6) is 0 Å². The molecule has 0 unspecified atom stereocenters. The smallest absolute Gasteiger partial charge is 0.222 e. The summed E-state index contributed by atoms with van der Waals surface area (Å²) in [5, 5.41) is 8.79. The Morgan fingerprint density at radius 1 is 1.30 bits per heavy atom. The van der Waals surface area contributed by atoms with Crippen molar-refractivity contribution in [1.29, 1.82) is 5.26 Å². The van der Waals surface area contributed by atoms with Gasteiger partial charge in [-0.15, -0.1) is 0 Å². The Bertz CT molecular complexity index is 552. The maximum atomic E-state index is 11.7. The number of amides is 1. The molecule has 20 heavy (non-hydrogen) atoms. The Morgan fingerprint density at radius 3 is 2.55 bits per heavy atom. The van der Waals surface area contributed by atoms with E-state index in [1.807, 2.05) is 18.0 Å². The average Bonchev–Trinajstić information content (AvgIpc) is 2.77. The monoisotopic (exact) mass is 270 g/mol. The van der Waals surface area contributed by atoms with Crippen LogP contribution in [0.4, 0.5) is 5.82 Å². The number of aromatic nitrogens is 1. The van der Waals surface area contributed by atoms with E-state index in [9.17, 15) is 4.79 Å². The Balaban J connectivity index is 1.69. The largest absolute Gasteiger partial charge is 0.356 e. The molecule has 0 saturated carbocycles. The summed E-state index contributed by atoms with van der Waals surface area (Å²) in [4.78, 5) is 20.3. The van der Waals surface area contributed by atoms with Crippen molar-refractivity contribution in [2.24, 2.45) is 0 Å². The number of anilines is 1. The van der Waals surface area contributed by atoms with Crippen LogP contribution in [0.2, 0.25) is 0 Å². The zero-order valence-corrected chi connectivity index (χ0v) is 11.7. The minimum absolute atomic E-state index is 0.0696. The first-order valence-electron chi connectivity index (χ1n) is 7.02. The molecule has 0 atom stereocenters. The molecule has 5 heteroatoms. The van der Waals surface area contributed by atoms with Crippen molar-refractivity contribution in [3.05, 3.63) is 23.9 Å². The third-order valence-corrected chi connectivity index (χ3v) is 4.78. The number of hydrogen-bond donors (Lipinski definition) is 0. The molecule has 5 nitrogen and oxygen atoms in total. The Labute approximate surface area is 118 Å². The number of pyridine rings is 1. The predicted octanol–water partition coefficient (Wildman–Crippen LogP) is 1.54. The summed E-state index contributed by atoms with van der Waals surface area (Å²) in [5.74, 6) is 1.20. The summed E-state index contributed by atoms with van der Waals surface area (Å²) >= 11 is 0. The van der Waals surface area contributed by atoms with E-state index >= 15 is 0 Å². The van der Waals surface area contributed by atoms with Crippen molar-refractivity contribution in [3.8, 4) is 6.07 Å². The standard InChI is InChI=1S/C15H18N4O/c1-18-14(20)4-5-15(18)6-8-19(9-7-15)13-3-2-12(10-16)11-17-13/h2-3,11H,4-9H2,1H3. The molecule has 2 aliphatic rings. The van der Waals surface area contributed by atoms with Crippen molar-refractivity contribution >= 4 is 11.7 Å². The molecule has 104 valence electrons. The molecule has 1 aromatic rings. The fourth-order valence-electron chi connectivity index (χ4n) is 3.32. The summed E-state index contributed by atoms with van der Waals surface area (Å²) in [6, 6.07) is 5.79. The lowest BCUT2D eigenvalue weighted by Crippen LogP contribution is -2.51. The van der Waals surface area contributed by atoms with Gasteiger partial charge in [0.15, 0.2) is 0 Å². The van der Waals surface area contributed by atoms with Crippen LogP contribution in [-0.2, 0) is 4.79 Å². The van der Waals surface area contributed by atoms with Gasteiger partial charge in [0.1, 0.15) is 11.9 Å². The van der Waals surface area contributed by atoms with Gasteiger partial charge < -0.3 is 9.80 Å². The number of piperidine rings is 1. The molecular weight excluding hydrogens is 252 g/mol. The maximum absolute atomic E-state index is 11.7. The number of likely N-dealkylation sites (tertiary alicyclic amines) is 1. The maximum Gasteiger partial charge on any atom is 0.222 e. The fourth-order valence-corrected chi connectivity index (χ4v) is 3.32. The fraction of sp³-hybridized carbons (Fsp3) is 0.533. The van der Waals surface area contributed by atoms with Crippen molar-refractivity contribution in [2.45, 2.75) is 31.2 Å². The number of hydrogen-bond acceptors (Lipinski definition) is 4. The number of nitrogens with zero attached hydrogens (tertiary/aromatic N) is 4. The Hall–Kier alpha value is -2.09. The lowest BCUT2D eigenvalue weighted by atomic mass is 9.85. The third-order valence-electron chi connectivity index (χ3n) is 4.78. The molecular formula is C15H18N4O. The highest BCUT2D eigenvalue weighted by molar-refractivity contribution is 5.79. The van der Waals surface area contributed by atoms with Crippen LogP contribution in [0.25, 0.3) is 0 Å². The zero-order chi connectivity index (χ0) is 14.2. The van der Waals surface area contributed by atoms with Gasteiger partial charge in [0.05, 0.1) is 5.56 Å². The SMILES string of the molecule is CN1C(=O)CCC12CCN(c1ccc(C#N)cn1)CC2. The van der Waals surface area contributed by atoms with E-state index in [1.165, 1.54) is 0 Å². The first-order chi connectivity index (χ1) is 9.64. The van der Waals surface area contributed by atoms with Gasteiger partial charge in [-0.05, 0) is 31.4 Å². The van der Waals surface area contributed by atoms with E-state index in [0.29, 0.717) is 12.0 Å². The van der Waals surface area contributed by atoms with Crippen LogP contribution in [0.1, 0.15) is 31.2 Å². The molecule has 2 saturated heterocycles. The molecule has 0 bridgehead atoms. The van der Waals surface area contributed by atoms with Crippen LogP contribution < -0.4 is 4.90 Å². The molecule has 3 heterocycles. The van der Waals surface area contributed by atoms with E-state index in [2.05, 4.69) is 16.0 Å². The highest BCUT2D eigenvalue weighted by atomic mass is 16.2. The van der Waals surface area contributed by atoms with Gasteiger partial charge in [-0.2, -0.15) is 5.26 Å². The van der Waals surface area contributed by atoms with Gasteiger partial charge >= 0.3 is 0 Å². The number of rotatable bonds is 1. The first kappa shape index (κ1) is 12.9. The first-order valence-corrected chi connectivity index (χ1v) is 7.02. The molecule has 2 fully saturated rings. The highest BCUT2D eigenvalue weighted by Crippen LogP contribution is 2.38. The second kappa shape index (κ2) is 4.78. The van der Waals surface area contributed by atoms with Crippen molar-refractivity contribution in [2.75, 3.05) is 25.0 Å². The molecule has 3 rings (SSSR count). The molecule has 0 N–H and O–H groups in total. The lowest BCUT2D eigenvalue weighted by Gasteiger charge is -2.43. The Kier molecular flexibility index (Phi) is 3.09. The molecule has 0 aromatic carbocycles. The molecule has 0 radical (unpaired) electrons. The molecule has 0 aliphatic carbocycles. The van der Waals surface area contributed by atoms with Crippen LogP contribution in [-0.4, -0.2) is 41.5 Å². The lowest BCUT2D eigenvalue weighted by molar-refractivity contribution is -0.130. The molecule has 1 spiro atoms. The molecule has 1 aromatic heterocycles. The number of carbonyl (C=O) groups is 1. The van der Waals surface area contributed by atoms with Gasteiger partial charge in [-0.3, -0.25) is 4.79 Å². The van der Waals surface area contributed by atoms with E-state index in [4.69, 9.17) is 5.26 Å². The summed E-state index contributed by atoms with van der Waals surface area (Å²) in [7, 11) is 1.94. The van der Waals surface area contributed by atoms with E-state index in [0.717, 1.165) is 38.2 Å². The van der Waals surface area contributed by atoms with Crippen molar-refractivity contribution < 1.29 is 4.79 Å². The predicted molar refractivity (Wildman–Crippen MR) is 75.1 cm³/mol. The number of carbonyl (C=O) groups excluding carboxylic acids is 1. The average molecular weight is 270 g/mol. The van der Waals surface area contributed by atoms with E-state index in [-0.39, 0.29) is 11.4 Å². The second-order valence-electron chi connectivity index (χ2n) is 5.68. The molecule has 1 amide bonds. The van der Waals surface area contributed by atoms with Crippen LogP contribution in [0.15, 0.2) is 18.3 Å². The number of nitriles is 1. The van der Waals surface area contributed by atoms with Crippen LogP contribution >= 0.6 is 0 Å². The van der Waals surface area contributed by atoms with Crippen LogP contribution in [0.3, 0.4) is 0 Å². The normalized spacial score (nSPS) is 21.3.